The van der Waals surface area contributed by atoms with Crippen LogP contribution in [0.15, 0.2) is 28.9 Å². The Hall–Kier alpha value is -1.95. The van der Waals surface area contributed by atoms with Crippen molar-refractivity contribution < 1.29 is 14.8 Å². The van der Waals surface area contributed by atoms with Gasteiger partial charge in [0.25, 0.3) is 5.91 Å². The number of carbonyl (C=O) groups is 2. The molecule has 1 aliphatic rings. The Bertz CT molecular complexity index is 372. The van der Waals surface area contributed by atoms with Crippen molar-refractivity contribution in [2.75, 3.05) is 0 Å². The van der Waals surface area contributed by atoms with E-state index in [-0.39, 0.29) is 11.8 Å². The van der Waals surface area contributed by atoms with Crippen LogP contribution in [-0.2, 0) is 9.59 Å². The fourth-order valence-corrected chi connectivity index (χ4v) is 1.26. The van der Waals surface area contributed by atoms with Crippen molar-refractivity contribution >= 4 is 18.0 Å². The first kappa shape index (κ1) is 12.1. The Morgan fingerprint density at radius 1 is 1.62 bits per heavy atom. The summed E-state index contributed by atoms with van der Waals surface area (Å²) >= 11 is 0. The number of rotatable bonds is 3. The lowest BCUT2D eigenvalue weighted by Crippen LogP contribution is -2.27. The molecule has 0 fully saturated rings. The monoisotopic (exact) mass is 223 g/mol. The fraction of sp³-hybridized carbons (Fsp3) is 0.300. The maximum atomic E-state index is 11.4. The van der Waals surface area contributed by atoms with Crippen molar-refractivity contribution in [1.29, 1.82) is 0 Å². The van der Waals surface area contributed by atoms with E-state index in [2.05, 4.69) is 10.5 Å². The molecular formula is C10H13N3O3. The highest BCUT2D eigenvalue weighted by molar-refractivity contribution is 5.96. The largest absolute Gasteiger partial charge is 0.288 e. The van der Waals surface area contributed by atoms with E-state index >= 15 is 0 Å². The molecule has 0 saturated heterocycles. The highest BCUT2D eigenvalue weighted by atomic mass is 16.5. The second kappa shape index (κ2) is 5.82. The van der Waals surface area contributed by atoms with Crippen LogP contribution >= 0.6 is 0 Å². The third-order valence-corrected chi connectivity index (χ3v) is 2.10. The van der Waals surface area contributed by atoms with Gasteiger partial charge in [-0.05, 0) is 13.3 Å². The first-order valence-electron chi connectivity index (χ1n) is 4.79. The number of nitrogens with zero attached hydrogens (tertiary/aromatic N) is 1. The van der Waals surface area contributed by atoms with Crippen molar-refractivity contribution in [3.63, 3.8) is 0 Å². The highest BCUT2D eigenvalue weighted by Gasteiger charge is 2.18. The zero-order valence-corrected chi connectivity index (χ0v) is 8.80. The molecule has 0 aliphatic heterocycles. The van der Waals surface area contributed by atoms with Gasteiger partial charge in [-0.3, -0.25) is 14.8 Å². The third-order valence-electron chi connectivity index (χ3n) is 2.10. The zero-order chi connectivity index (χ0) is 12.0. The minimum absolute atomic E-state index is 0.228. The molecule has 0 aromatic heterocycles. The average Bonchev–Trinajstić information content (AvgIpc) is 2.35. The second-order valence-electron chi connectivity index (χ2n) is 3.17. The van der Waals surface area contributed by atoms with E-state index in [1.165, 1.54) is 17.8 Å². The average molecular weight is 223 g/mol. The van der Waals surface area contributed by atoms with Gasteiger partial charge in [-0.25, -0.2) is 10.9 Å². The van der Waals surface area contributed by atoms with Gasteiger partial charge in [-0.2, -0.15) is 5.10 Å². The van der Waals surface area contributed by atoms with Gasteiger partial charge in [0.2, 0.25) is 5.91 Å². The lowest BCUT2D eigenvalue weighted by atomic mass is 9.96. The topological polar surface area (TPSA) is 90.8 Å². The summed E-state index contributed by atoms with van der Waals surface area (Å²) in [6.07, 6.45) is 6.57. The number of hydrogen-bond donors (Lipinski definition) is 3. The van der Waals surface area contributed by atoms with Crippen LogP contribution in [0.2, 0.25) is 0 Å². The molecule has 6 nitrogen and oxygen atoms in total. The van der Waals surface area contributed by atoms with Gasteiger partial charge in [-0.1, -0.05) is 18.2 Å². The molecule has 0 saturated carbocycles. The zero-order valence-electron chi connectivity index (χ0n) is 8.80. The summed E-state index contributed by atoms with van der Waals surface area (Å²) in [6.45, 7) is 1.70. The number of hydrogen-bond acceptors (Lipinski definition) is 4. The smallest absolute Gasteiger partial charge is 0.274 e. The predicted molar refractivity (Wildman–Crippen MR) is 57.6 cm³/mol. The Morgan fingerprint density at radius 2 is 2.38 bits per heavy atom. The summed E-state index contributed by atoms with van der Waals surface area (Å²) in [4.78, 5) is 22.5. The minimum Gasteiger partial charge on any atom is -0.288 e. The van der Waals surface area contributed by atoms with Gasteiger partial charge < -0.3 is 0 Å². The Balaban J connectivity index is 2.55. The standard InChI is InChI=1S/C10H13N3O3/c1-2-11-12-9(14)7-3-5-8(6-4-7)10(15)13-16/h2-3,5-7,16H,4H2,1H3,(H,12,14)(H,13,15)/b11-2+. The third kappa shape index (κ3) is 3.03. The quantitative estimate of drug-likeness (QED) is 0.360. The maximum Gasteiger partial charge on any atom is 0.274 e. The normalized spacial score (nSPS) is 19.4. The van der Waals surface area contributed by atoms with E-state index in [9.17, 15) is 9.59 Å². The van der Waals surface area contributed by atoms with Gasteiger partial charge in [-0.15, -0.1) is 0 Å². The summed E-state index contributed by atoms with van der Waals surface area (Å²) in [5, 5.41) is 12.0. The van der Waals surface area contributed by atoms with Crippen LogP contribution < -0.4 is 10.9 Å². The Kier molecular flexibility index (Phi) is 4.41. The highest BCUT2D eigenvalue weighted by Crippen LogP contribution is 2.16. The van der Waals surface area contributed by atoms with E-state index in [0.717, 1.165) is 0 Å². The van der Waals surface area contributed by atoms with Gasteiger partial charge in [0, 0.05) is 11.8 Å². The van der Waals surface area contributed by atoms with Crippen molar-refractivity contribution in [3.05, 3.63) is 23.8 Å². The molecule has 1 atom stereocenters. The van der Waals surface area contributed by atoms with Crippen LogP contribution in [0.5, 0.6) is 0 Å². The Labute approximate surface area is 92.7 Å². The van der Waals surface area contributed by atoms with Crippen LogP contribution in [0.3, 0.4) is 0 Å². The first-order chi connectivity index (χ1) is 7.69. The molecule has 0 spiro atoms. The molecule has 6 heteroatoms. The van der Waals surface area contributed by atoms with Crippen LogP contribution in [-0.4, -0.2) is 23.2 Å². The van der Waals surface area contributed by atoms with Crippen molar-refractivity contribution in [2.45, 2.75) is 13.3 Å². The molecule has 1 aliphatic carbocycles. The van der Waals surface area contributed by atoms with Crippen molar-refractivity contribution in [2.24, 2.45) is 11.0 Å². The second-order valence-corrected chi connectivity index (χ2v) is 3.17. The Morgan fingerprint density at radius 3 is 2.88 bits per heavy atom. The number of hydroxylamine groups is 1. The van der Waals surface area contributed by atoms with Crippen LogP contribution in [0.4, 0.5) is 0 Å². The molecule has 3 N–H and O–H groups in total. The molecule has 0 heterocycles. The number of allylic oxidation sites excluding steroid dienone is 1. The summed E-state index contributed by atoms with van der Waals surface area (Å²) in [5.41, 5.74) is 4.23. The maximum absolute atomic E-state index is 11.4. The molecule has 0 bridgehead atoms. The molecule has 0 aromatic carbocycles. The van der Waals surface area contributed by atoms with Crippen LogP contribution in [0.25, 0.3) is 0 Å². The minimum atomic E-state index is -0.582. The summed E-state index contributed by atoms with van der Waals surface area (Å²) in [6, 6.07) is 0. The molecule has 86 valence electrons. The van der Waals surface area contributed by atoms with Gasteiger partial charge in [0.1, 0.15) is 0 Å². The van der Waals surface area contributed by atoms with Crippen LogP contribution in [0, 0.1) is 5.92 Å². The molecule has 2 amide bonds. The van der Waals surface area contributed by atoms with E-state index < -0.39 is 5.91 Å². The van der Waals surface area contributed by atoms with E-state index in [1.54, 1.807) is 19.1 Å². The molecule has 1 rings (SSSR count). The summed E-state index contributed by atoms with van der Waals surface area (Å²) < 4.78 is 0. The van der Waals surface area contributed by atoms with Crippen LogP contribution in [0.1, 0.15) is 13.3 Å². The molecule has 16 heavy (non-hydrogen) atoms. The SMILES string of the molecule is C/C=N/NC(=O)C1C=CC(C(=O)NO)=CC1. The number of nitrogens with one attached hydrogen (secondary N) is 2. The van der Waals surface area contributed by atoms with Gasteiger partial charge >= 0.3 is 0 Å². The molecule has 0 aromatic rings. The van der Waals surface area contributed by atoms with Crippen molar-refractivity contribution in [3.8, 4) is 0 Å². The van der Waals surface area contributed by atoms with Gasteiger partial charge in [0.05, 0.1) is 5.92 Å². The lowest BCUT2D eigenvalue weighted by Gasteiger charge is -2.13. The predicted octanol–water partition coefficient (Wildman–Crippen LogP) is 0.116. The molecular weight excluding hydrogens is 210 g/mol. The summed E-state index contributed by atoms with van der Waals surface area (Å²) in [5.74, 6) is -1.14. The molecule has 0 radical (unpaired) electrons. The van der Waals surface area contributed by atoms with Crippen molar-refractivity contribution in [1.82, 2.24) is 10.9 Å². The first-order valence-corrected chi connectivity index (χ1v) is 4.79. The fourth-order valence-electron chi connectivity index (χ4n) is 1.26. The lowest BCUT2D eigenvalue weighted by molar-refractivity contribution is -0.125. The summed E-state index contributed by atoms with van der Waals surface area (Å²) in [7, 11) is 0. The number of hydrazone groups is 1. The number of amides is 2. The molecule has 1 unspecified atom stereocenters. The van der Waals surface area contributed by atoms with E-state index in [1.807, 2.05) is 0 Å². The van der Waals surface area contributed by atoms with E-state index in [0.29, 0.717) is 12.0 Å². The number of carbonyl (C=O) groups excluding carboxylic acids is 2. The van der Waals surface area contributed by atoms with Gasteiger partial charge in [0.15, 0.2) is 0 Å². The van der Waals surface area contributed by atoms with E-state index in [4.69, 9.17) is 5.21 Å².